The third kappa shape index (κ3) is 3.92. The molecule has 0 N–H and O–H groups in total. The number of carbonyl (C=O) groups excluding carboxylic acids is 1. The van der Waals surface area contributed by atoms with E-state index in [1.807, 2.05) is 24.3 Å². The lowest BCUT2D eigenvalue weighted by Crippen LogP contribution is -2.55. The van der Waals surface area contributed by atoms with E-state index in [0.717, 1.165) is 18.8 Å². The Morgan fingerprint density at radius 3 is 1.89 bits per heavy atom. The van der Waals surface area contributed by atoms with Crippen molar-refractivity contribution in [2.45, 2.75) is 12.1 Å². The predicted molar refractivity (Wildman–Crippen MR) is 108 cm³/mol. The van der Waals surface area contributed by atoms with Crippen molar-refractivity contribution in [3.8, 4) is 5.75 Å². The lowest BCUT2D eigenvalue weighted by atomic mass is 9.94. The predicted octanol–water partition coefficient (Wildman–Crippen LogP) is 4.33. The molecular formula is C24H23NO3. The van der Waals surface area contributed by atoms with Crippen molar-refractivity contribution in [3.05, 3.63) is 102 Å². The van der Waals surface area contributed by atoms with Crippen molar-refractivity contribution in [3.63, 3.8) is 0 Å². The van der Waals surface area contributed by atoms with Crippen LogP contribution in [0.25, 0.3) is 0 Å². The molecule has 4 rings (SSSR count). The molecule has 0 aliphatic carbocycles. The van der Waals surface area contributed by atoms with Gasteiger partial charge in [0.25, 0.3) is 0 Å². The molecule has 1 heterocycles. The largest absolute Gasteiger partial charge is 0.488 e. The maximum Gasteiger partial charge on any atom is 0.337 e. The summed E-state index contributed by atoms with van der Waals surface area (Å²) in [5.41, 5.74) is 3.10. The molecule has 1 aliphatic heterocycles. The van der Waals surface area contributed by atoms with Crippen molar-refractivity contribution in [2.24, 2.45) is 0 Å². The smallest absolute Gasteiger partial charge is 0.337 e. The molecule has 142 valence electrons. The van der Waals surface area contributed by atoms with Gasteiger partial charge in [-0.2, -0.15) is 0 Å². The quantitative estimate of drug-likeness (QED) is 0.603. The number of carbonyl (C=O) groups is 1. The molecular weight excluding hydrogens is 350 g/mol. The maximum absolute atomic E-state index is 11.5. The van der Waals surface area contributed by atoms with Gasteiger partial charge in [0.05, 0.1) is 18.7 Å². The van der Waals surface area contributed by atoms with Crippen LogP contribution in [-0.4, -0.2) is 37.2 Å². The van der Waals surface area contributed by atoms with Gasteiger partial charge in [-0.3, -0.25) is 4.90 Å². The van der Waals surface area contributed by atoms with Crippen molar-refractivity contribution in [1.29, 1.82) is 0 Å². The first-order valence-electron chi connectivity index (χ1n) is 9.43. The molecule has 4 nitrogen and oxygen atoms in total. The second-order valence-electron chi connectivity index (χ2n) is 6.93. The monoisotopic (exact) mass is 373 g/mol. The summed E-state index contributed by atoms with van der Waals surface area (Å²) in [7, 11) is 1.38. The zero-order valence-electron chi connectivity index (χ0n) is 15.8. The molecule has 0 bridgehead atoms. The Balaban J connectivity index is 1.43. The van der Waals surface area contributed by atoms with Gasteiger partial charge in [0.2, 0.25) is 0 Å². The molecule has 28 heavy (non-hydrogen) atoms. The van der Waals surface area contributed by atoms with Gasteiger partial charge in [0.1, 0.15) is 11.9 Å². The van der Waals surface area contributed by atoms with Crippen LogP contribution in [0.4, 0.5) is 0 Å². The van der Waals surface area contributed by atoms with Gasteiger partial charge in [-0.25, -0.2) is 4.79 Å². The number of methoxy groups -OCH3 is 1. The molecule has 0 saturated carbocycles. The zero-order valence-corrected chi connectivity index (χ0v) is 15.8. The van der Waals surface area contributed by atoms with Crippen LogP contribution in [-0.2, 0) is 4.74 Å². The van der Waals surface area contributed by atoms with Crippen LogP contribution in [0.3, 0.4) is 0 Å². The van der Waals surface area contributed by atoms with Crippen LogP contribution in [0.2, 0.25) is 0 Å². The van der Waals surface area contributed by atoms with E-state index in [4.69, 9.17) is 9.47 Å². The SMILES string of the molecule is COC(=O)c1ccc(OC2CN(C(c3ccccc3)c3ccccc3)C2)cc1. The molecule has 4 heteroatoms. The van der Waals surface area contributed by atoms with Gasteiger partial charge in [-0.05, 0) is 35.4 Å². The first-order valence-corrected chi connectivity index (χ1v) is 9.43. The number of benzene rings is 3. The van der Waals surface area contributed by atoms with Crippen LogP contribution in [0, 0.1) is 0 Å². The van der Waals surface area contributed by atoms with E-state index in [1.165, 1.54) is 18.2 Å². The van der Waals surface area contributed by atoms with Gasteiger partial charge in [-0.1, -0.05) is 60.7 Å². The lowest BCUT2D eigenvalue weighted by Gasteiger charge is -2.44. The first kappa shape index (κ1) is 18.3. The van der Waals surface area contributed by atoms with Gasteiger partial charge in [0.15, 0.2) is 0 Å². The number of hydrogen-bond donors (Lipinski definition) is 0. The molecule has 0 unspecified atom stereocenters. The summed E-state index contributed by atoms with van der Waals surface area (Å²) in [6, 6.07) is 28.5. The minimum atomic E-state index is -0.338. The van der Waals surface area contributed by atoms with E-state index < -0.39 is 0 Å². The molecule has 0 spiro atoms. The van der Waals surface area contributed by atoms with E-state index in [2.05, 4.69) is 53.4 Å². The number of hydrogen-bond acceptors (Lipinski definition) is 4. The number of nitrogens with zero attached hydrogens (tertiary/aromatic N) is 1. The van der Waals surface area contributed by atoms with E-state index >= 15 is 0 Å². The Kier molecular flexibility index (Phi) is 5.40. The number of rotatable bonds is 6. The Hall–Kier alpha value is -3.11. The summed E-state index contributed by atoms with van der Waals surface area (Å²) in [5.74, 6) is 0.434. The second-order valence-corrected chi connectivity index (χ2v) is 6.93. The van der Waals surface area contributed by atoms with E-state index in [0.29, 0.717) is 5.56 Å². The van der Waals surface area contributed by atoms with Crippen LogP contribution in [0.15, 0.2) is 84.9 Å². The molecule has 3 aromatic rings. The average Bonchev–Trinajstić information content (AvgIpc) is 2.73. The molecule has 0 aromatic heterocycles. The molecule has 3 aromatic carbocycles. The highest BCUT2D eigenvalue weighted by atomic mass is 16.5. The Morgan fingerprint density at radius 2 is 1.39 bits per heavy atom. The highest BCUT2D eigenvalue weighted by Gasteiger charge is 2.35. The summed E-state index contributed by atoms with van der Waals surface area (Å²) in [5, 5.41) is 0. The van der Waals surface area contributed by atoms with Gasteiger partial charge >= 0.3 is 5.97 Å². The van der Waals surface area contributed by atoms with Gasteiger partial charge in [-0.15, -0.1) is 0 Å². The van der Waals surface area contributed by atoms with Crippen molar-refractivity contribution in [1.82, 2.24) is 4.90 Å². The number of likely N-dealkylation sites (tertiary alicyclic amines) is 1. The fourth-order valence-electron chi connectivity index (χ4n) is 3.62. The average molecular weight is 373 g/mol. The van der Waals surface area contributed by atoms with E-state index in [9.17, 15) is 4.79 Å². The highest BCUT2D eigenvalue weighted by Crippen LogP contribution is 2.33. The Labute approximate surface area is 165 Å². The molecule has 0 atom stereocenters. The summed E-state index contributed by atoms with van der Waals surface area (Å²) in [6.45, 7) is 1.71. The van der Waals surface area contributed by atoms with E-state index in [-0.39, 0.29) is 18.1 Å². The zero-order chi connectivity index (χ0) is 19.3. The second kappa shape index (κ2) is 8.28. The third-order valence-electron chi connectivity index (χ3n) is 5.05. The van der Waals surface area contributed by atoms with Crippen molar-refractivity contribution >= 4 is 5.97 Å². The molecule has 0 radical (unpaired) electrons. The third-order valence-corrected chi connectivity index (χ3v) is 5.05. The summed E-state index contributed by atoms with van der Waals surface area (Å²) in [4.78, 5) is 14.0. The lowest BCUT2D eigenvalue weighted by molar-refractivity contribution is 0.000282. The fraction of sp³-hybridized carbons (Fsp3) is 0.208. The standard InChI is InChI=1S/C24H23NO3/c1-27-24(26)20-12-14-21(15-13-20)28-22-16-25(17-22)23(18-8-4-2-5-9-18)19-10-6-3-7-11-19/h2-15,22-23H,16-17H2,1H3. The topological polar surface area (TPSA) is 38.8 Å². The summed E-state index contributed by atoms with van der Waals surface area (Å²) < 4.78 is 10.8. The Bertz CT molecular complexity index is 864. The fourth-order valence-corrected chi connectivity index (χ4v) is 3.62. The van der Waals surface area contributed by atoms with Crippen LogP contribution < -0.4 is 4.74 Å². The number of ether oxygens (including phenoxy) is 2. The number of esters is 1. The molecule has 1 aliphatic rings. The van der Waals surface area contributed by atoms with E-state index in [1.54, 1.807) is 12.1 Å². The minimum Gasteiger partial charge on any atom is -0.488 e. The molecule has 1 saturated heterocycles. The van der Waals surface area contributed by atoms with Gasteiger partial charge < -0.3 is 9.47 Å². The normalized spacial score (nSPS) is 14.5. The maximum atomic E-state index is 11.5. The first-order chi connectivity index (χ1) is 13.7. The molecule has 1 fully saturated rings. The molecule has 0 amide bonds. The van der Waals surface area contributed by atoms with Crippen molar-refractivity contribution in [2.75, 3.05) is 20.2 Å². The van der Waals surface area contributed by atoms with Crippen LogP contribution in [0.5, 0.6) is 5.75 Å². The highest BCUT2D eigenvalue weighted by molar-refractivity contribution is 5.89. The van der Waals surface area contributed by atoms with Gasteiger partial charge in [0, 0.05) is 13.1 Å². The summed E-state index contributed by atoms with van der Waals surface area (Å²) in [6.07, 6.45) is 0.138. The van der Waals surface area contributed by atoms with Crippen molar-refractivity contribution < 1.29 is 14.3 Å². The van der Waals surface area contributed by atoms with Crippen LogP contribution >= 0.6 is 0 Å². The minimum absolute atomic E-state index is 0.138. The van der Waals surface area contributed by atoms with Crippen LogP contribution in [0.1, 0.15) is 27.5 Å². The Morgan fingerprint density at radius 1 is 0.857 bits per heavy atom. The summed E-state index contributed by atoms with van der Waals surface area (Å²) >= 11 is 0.